The Morgan fingerprint density at radius 1 is 0.679 bits per heavy atom. The van der Waals surface area contributed by atoms with Gasteiger partial charge in [-0.3, -0.25) is 9.59 Å². The molecule has 6 heteroatoms. The van der Waals surface area contributed by atoms with E-state index in [1.165, 1.54) is 0 Å². The zero-order chi connectivity index (χ0) is 20.5. The number of carbonyl (C=O) groups excluding carboxylic acids is 2. The van der Waals surface area contributed by atoms with Gasteiger partial charge in [0.25, 0.3) is 0 Å². The van der Waals surface area contributed by atoms with E-state index in [1.807, 2.05) is 76.2 Å². The minimum absolute atomic E-state index is 0.622. The van der Waals surface area contributed by atoms with E-state index in [1.54, 1.807) is 0 Å². The molecule has 0 aromatic heterocycles. The molecular weight excluding hydrogens is 352 g/mol. The van der Waals surface area contributed by atoms with Crippen molar-refractivity contribution in [1.82, 2.24) is 10.9 Å². The lowest BCUT2D eigenvalue weighted by atomic mass is 10.1. The van der Waals surface area contributed by atoms with Gasteiger partial charge in [0.05, 0.1) is 11.4 Å². The lowest BCUT2D eigenvalue weighted by Gasteiger charge is -2.07. The van der Waals surface area contributed by atoms with Crippen LogP contribution in [0.4, 0.5) is 0 Å². The molecule has 2 amide bonds. The van der Waals surface area contributed by atoms with Crippen LogP contribution >= 0.6 is 0 Å². The van der Waals surface area contributed by atoms with E-state index in [-0.39, 0.29) is 0 Å². The maximum absolute atomic E-state index is 12.0. The highest BCUT2D eigenvalue weighted by Crippen LogP contribution is 2.08. The highest BCUT2D eigenvalue weighted by atomic mass is 16.2. The summed E-state index contributed by atoms with van der Waals surface area (Å²) in [7, 11) is 0. The fraction of sp³-hybridized carbons (Fsp3) is 0.273. The highest BCUT2D eigenvalue weighted by Gasteiger charge is 2.13. The monoisotopic (exact) mass is 378 g/mol. The quantitative estimate of drug-likeness (QED) is 0.458. The van der Waals surface area contributed by atoms with Gasteiger partial charge in [-0.1, -0.05) is 73.5 Å². The first-order valence-corrected chi connectivity index (χ1v) is 9.32. The van der Waals surface area contributed by atoms with Crippen molar-refractivity contribution in [1.29, 1.82) is 0 Å². The smallest absolute Gasteiger partial charge is 0.262 e. The van der Waals surface area contributed by atoms with E-state index in [9.17, 15) is 9.59 Å². The molecule has 0 radical (unpaired) electrons. The molecule has 0 unspecified atom stereocenters. The molecule has 0 aliphatic carbocycles. The summed E-state index contributed by atoms with van der Waals surface area (Å²) in [6.45, 7) is 7.87. The summed E-state index contributed by atoms with van der Waals surface area (Å²) in [4.78, 5) is 24.1. The zero-order valence-electron chi connectivity index (χ0n) is 16.7. The molecule has 0 spiro atoms. The second-order valence-electron chi connectivity index (χ2n) is 6.44. The summed E-state index contributed by atoms with van der Waals surface area (Å²) in [5, 5.41) is 8.17. The normalized spacial score (nSPS) is 11.9. The molecule has 2 rings (SSSR count). The average molecular weight is 378 g/mol. The van der Waals surface area contributed by atoms with Crippen LogP contribution in [-0.4, -0.2) is 23.2 Å². The zero-order valence-corrected chi connectivity index (χ0v) is 16.7. The van der Waals surface area contributed by atoms with Crippen LogP contribution < -0.4 is 10.9 Å². The Balaban J connectivity index is 2.02. The van der Waals surface area contributed by atoms with Gasteiger partial charge in [0, 0.05) is 0 Å². The third kappa shape index (κ3) is 5.87. The van der Waals surface area contributed by atoms with Gasteiger partial charge in [-0.2, -0.15) is 10.2 Å². The molecule has 0 bridgehead atoms. The SMILES string of the molecule is CCC(=NNC(=O)C(=O)NN=C(CC)c1ccc(C)cc1)c1ccc(C)cc1. The number of amides is 2. The van der Waals surface area contributed by atoms with E-state index < -0.39 is 11.8 Å². The number of hydrogen-bond donors (Lipinski definition) is 2. The Morgan fingerprint density at radius 2 is 1.00 bits per heavy atom. The van der Waals surface area contributed by atoms with Crippen LogP contribution in [0, 0.1) is 13.8 Å². The van der Waals surface area contributed by atoms with Crippen molar-refractivity contribution in [2.24, 2.45) is 10.2 Å². The van der Waals surface area contributed by atoms with Gasteiger partial charge in [0.15, 0.2) is 0 Å². The first-order chi connectivity index (χ1) is 13.4. The molecule has 2 N–H and O–H groups in total. The van der Waals surface area contributed by atoms with Crippen molar-refractivity contribution in [3.8, 4) is 0 Å². The van der Waals surface area contributed by atoms with Crippen molar-refractivity contribution in [2.75, 3.05) is 0 Å². The second-order valence-corrected chi connectivity index (χ2v) is 6.44. The maximum Gasteiger partial charge on any atom is 0.331 e. The van der Waals surface area contributed by atoms with Gasteiger partial charge in [-0.25, -0.2) is 10.9 Å². The van der Waals surface area contributed by atoms with Crippen molar-refractivity contribution in [3.05, 3.63) is 70.8 Å². The number of nitrogens with zero attached hydrogens (tertiary/aromatic N) is 2. The molecule has 0 aliphatic rings. The number of aryl methyl sites for hydroxylation is 2. The Bertz CT molecular complexity index is 806. The van der Waals surface area contributed by atoms with Crippen LogP contribution in [0.25, 0.3) is 0 Å². The number of hydrogen-bond acceptors (Lipinski definition) is 4. The highest BCUT2D eigenvalue weighted by molar-refractivity contribution is 6.35. The predicted molar refractivity (Wildman–Crippen MR) is 112 cm³/mol. The fourth-order valence-corrected chi connectivity index (χ4v) is 2.53. The van der Waals surface area contributed by atoms with Gasteiger partial charge in [-0.15, -0.1) is 0 Å². The van der Waals surface area contributed by atoms with Gasteiger partial charge in [-0.05, 0) is 37.8 Å². The fourth-order valence-electron chi connectivity index (χ4n) is 2.53. The predicted octanol–water partition coefficient (Wildman–Crippen LogP) is 3.46. The molecule has 0 saturated heterocycles. The molecule has 28 heavy (non-hydrogen) atoms. The van der Waals surface area contributed by atoms with Crippen molar-refractivity contribution >= 4 is 23.2 Å². The molecule has 0 fully saturated rings. The van der Waals surface area contributed by atoms with Crippen LogP contribution in [0.2, 0.25) is 0 Å². The summed E-state index contributed by atoms with van der Waals surface area (Å²) >= 11 is 0. The number of rotatable bonds is 6. The summed E-state index contributed by atoms with van der Waals surface area (Å²) in [6.07, 6.45) is 1.24. The largest absolute Gasteiger partial charge is 0.331 e. The Labute approximate surface area is 165 Å². The van der Waals surface area contributed by atoms with Gasteiger partial charge < -0.3 is 0 Å². The molecule has 146 valence electrons. The Hall–Kier alpha value is -3.28. The standard InChI is InChI=1S/C22H26N4O2/c1-5-19(17-11-7-15(3)8-12-17)23-25-21(27)22(28)26-24-20(6-2)18-13-9-16(4)10-14-18/h7-14H,5-6H2,1-4H3,(H,25,27)(H,26,28). The maximum atomic E-state index is 12.0. The molecule has 0 saturated carbocycles. The molecular formula is C22H26N4O2. The third-order valence-electron chi connectivity index (χ3n) is 4.23. The van der Waals surface area contributed by atoms with Crippen molar-refractivity contribution in [3.63, 3.8) is 0 Å². The molecule has 2 aromatic rings. The van der Waals surface area contributed by atoms with Crippen LogP contribution in [-0.2, 0) is 9.59 Å². The lowest BCUT2D eigenvalue weighted by Crippen LogP contribution is -2.36. The topological polar surface area (TPSA) is 82.9 Å². The van der Waals surface area contributed by atoms with E-state index in [2.05, 4.69) is 21.1 Å². The second kappa shape index (κ2) is 10.2. The number of nitrogens with one attached hydrogen (secondary N) is 2. The summed E-state index contributed by atoms with van der Waals surface area (Å²) in [6, 6.07) is 15.6. The first-order valence-electron chi connectivity index (χ1n) is 9.32. The first kappa shape index (κ1) is 21.0. The third-order valence-corrected chi connectivity index (χ3v) is 4.23. The number of benzene rings is 2. The van der Waals surface area contributed by atoms with Gasteiger partial charge in [0.1, 0.15) is 0 Å². The van der Waals surface area contributed by atoms with Gasteiger partial charge in [0.2, 0.25) is 0 Å². The van der Waals surface area contributed by atoms with E-state index in [0.717, 1.165) is 22.3 Å². The Kier molecular flexibility index (Phi) is 7.63. The summed E-state index contributed by atoms with van der Waals surface area (Å²) < 4.78 is 0. The molecule has 0 aliphatic heterocycles. The summed E-state index contributed by atoms with van der Waals surface area (Å²) in [5.41, 5.74) is 10.1. The molecule has 0 atom stereocenters. The average Bonchev–Trinajstić information content (AvgIpc) is 2.71. The molecule has 6 nitrogen and oxygen atoms in total. The van der Waals surface area contributed by atoms with Crippen LogP contribution in [0.3, 0.4) is 0 Å². The number of hydrazone groups is 2. The van der Waals surface area contributed by atoms with Crippen molar-refractivity contribution in [2.45, 2.75) is 40.5 Å². The number of carbonyl (C=O) groups is 2. The molecule has 2 aromatic carbocycles. The minimum atomic E-state index is -0.860. The van der Waals surface area contributed by atoms with Crippen LogP contribution in [0.15, 0.2) is 58.7 Å². The molecule has 0 heterocycles. The van der Waals surface area contributed by atoms with Crippen LogP contribution in [0.5, 0.6) is 0 Å². The minimum Gasteiger partial charge on any atom is -0.262 e. The lowest BCUT2D eigenvalue weighted by molar-refractivity contribution is -0.139. The van der Waals surface area contributed by atoms with Crippen LogP contribution in [0.1, 0.15) is 48.9 Å². The van der Waals surface area contributed by atoms with Crippen molar-refractivity contribution < 1.29 is 9.59 Å². The Morgan fingerprint density at radius 3 is 1.29 bits per heavy atom. The van der Waals surface area contributed by atoms with E-state index >= 15 is 0 Å². The van der Waals surface area contributed by atoms with E-state index in [0.29, 0.717) is 24.3 Å². The summed E-state index contributed by atoms with van der Waals surface area (Å²) in [5.74, 6) is -1.72. The van der Waals surface area contributed by atoms with Gasteiger partial charge >= 0.3 is 11.8 Å². The van der Waals surface area contributed by atoms with E-state index in [4.69, 9.17) is 0 Å².